The number of ether oxygens (including phenoxy) is 4. The van der Waals surface area contributed by atoms with Crippen molar-refractivity contribution < 1.29 is 60.4 Å². The van der Waals surface area contributed by atoms with E-state index in [1.807, 2.05) is 0 Å². The zero-order valence-electron chi connectivity index (χ0n) is 16.9. The Morgan fingerprint density at radius 3 is 1.90 bits per heavy atom. The number of unbranched alkanes of at least 4 members (excludes halogenated alkanes) is 3. The van der Waals surface area contributed by atoms with Gasteiger partial charge in [-0.2, -0.15) is 0 Å². The van der Waals surface area contributed by atoms with Gasteiger partial charge in [0, 0.05) is 6.61 Å². The molecule has 0 amide bonds. The van der Waals surface area contributed by atoms with Crippen molar-refractivity contribution in [3.8, 4) is 0 Å². The molecule has 178 valence electrons. The molecule has 2 rings (SSSR count). The van der Waals surface area contributed by atoms with E-state index < -0.39 is 74.6 Å². The van der Waals surface area contributed by atoms with Crippen LogP contribution in [0.15, 0.2) is 0 Å². The first-order chi connectivity index (χ1) is 14.3. The van der Waals surface area contributed by atoms with E-state index in [4.69, 9.17) is 18.9 Å². The van der Waals surface area contributed by atoms with Crippen LogP contribution in [0.3, 0.4) is 0 Å². The topological polar surface area (TPSA) is 206 Å². The summed E-state index contributed by atoms with van der Waals surface area (Å²) in [6.45, 7) is -0.0905. The molecule has 0 saturated carbocycles. The molecule has 10 atom stereocenters. The van der Waals surface area contributed by atoms with Gasteiger partial charge in [-0.1, -0.05) is 6.42 Å². The van der Waals surface area contributed by atoms with Crippen molar-refractivity contribution in [1.29, 1.82) is 0 Å². The molecular weight excluding hydrogens is 406 g/mol. The smallest absolute Gasteiger partial charge is 0.187 e. The normalized spacial score (nSPS) is 42.4. The summed E-state index contributed by atoms with van der Waals surface area (Å²) in [5.41, 5.74) is 3.78. The number of rotatable bonds is 11. The first kappa shape index (κ1) is 25.8. The van der Waals surface area contributed by atoms with Crippen molar-refractivity contribution in [2.75, 3.05) is 26.4 Å². The van der Waals surface area contributed by atoms with Crippen molar-refractivity contribution in [2.45, 2.75) is 87.1 Å². The molecule has 0 bridgehead atoms. The number of hydrogen-bond acceptors (Lipinski definition) is 11. The second-order valence-electron chi connectivity index (χ2n) is 7.64. The fourth-order valence-corrected chi connectivity index (χ4v) is 3.52. The predicted molar refractivity (Wildman–Crippen MR) is 98.6 cm³/mol. The highest BCUT2D eigenvalue weighted by atomic mass is 16.7. The van der Waals surface area contributed by atoms with Crippen molar-refractivity contribution in [1.82, 2.24) is 0 Å². The molecule has 0 radical (unpaired) electrons. The van der Waals surface area contributed by atoms with Crippen LogP contribution in [-0.2, 0) is 18.9 Å². The Labute approximate surface area is 174 Å². The lowest BCUT2D eigenvalue weighted by Gasteiger charge is -2.45. The van der Waals surface area contributed by atoms with Crippen molar-refractivity contribution in [3.05, 3.63) is 0 Å². The van der Waals surface area contributed by atoms with Gasteiger partial charge in [-0.05, 0) is 19.3 Å². The zero-order valence-corrected chi connectivity index (χ0v) is 16.9. The summed E-state index contributed by atoms with van der Waals surface area (Å²) in [7, 11) is 0. The minimum Gasteiger partial charge on any atom is -0.394 e. The molecule has 2 heterocycles. The van der Waals surface area contributed by atoms with Gasteiger partial charge in [-0.25, -0.2) is 0 Å². The Kier molecular flexibility index (Phi) is 10.8. The fourth-order valence-electron chi connectivity index (χ4n) is 3.52. The van der Waals surface area contributed by atoms with Gasteiger partial charge in [-0.15, -0.1) is 0 Å². The Morgan fingerprint density at radius 2 is 1.27 bits per heavy atom. The molecule has 2 fully saturated rings. The van der Waals surface area contributed by atoms with E-state index in [-0.39, 0.29) is 6.61 Å². The van der Waals surface area contributed by atoms with E-state index in [0.29, 0.717) is 0 Å². The third-order valence-electron chi connectivity index (χ3n) is 5.39. The zero-order chi connectivity index (χ0) is 22.3. The Morgan fingerprint density at radius 1 is 0.667 bits per heavy atom. The van der Waals surface area contributed by atoms with Crippen LogP contribution in [0.25, 0.3) is 0 Å². The summed E-state index contributed by atoms with van der Waals surface area (Å²) in [5.74, 6) is 0. The van der Waals surface area contributed by atoms with Crippen molar-refractivity contribution in [2.24, 2.45) is 0 Å². The van der Waals surface area contributed by atoms with Gasteiger partial charge < -0.3 is 60.4 Å². The number of hydrogen-bond donors (Lipinski definition) is 8. The Bertz CT molecular complexity index is 485. The van der Waals surface area contributed by atoms with E-state index >= 15 is 0 Å². The molecule has 12 heteroatoms. The molecule has 0 aromatic rings. The minimum atomic E-state index is -1.70. The summed E-state index contributed by atoms with van der Waals surface area (Å²) in [6.07, 6.45) is -10.8. The van der Waals surface area contributed by atoms with Crippen molar-refractivity contribution >= 4 is 0 Å². The molecule has 0 aromatic heterocycles. The van der Waals surface area contributed by atoms with Gasteiger partial charge >= 0.3 is 0 Å². The van der Waals surface area contributed by atoms with Crippen LogP contribution in [0.2, 0.25) is 0 Å². The summed E-state index contributed by atoms with van der Waals surface area (Å²) < 4.78 is 21.8. The summed E-state index contributed by atoms with van der Waals surface area (Å²) in [6, 6.07) is 0. The molecule has 2 saturated heterocycles. The van der Waals surface area contributed by atoms with Crippen LogP contribution < -0.4 is 5.73 Å². The first-order valence-corrected chi connectivity index (χ1v) is 10.3. The lowest BCUT2D eigenvalue weighted by Crippen LogP contribution is -2.64. The average Bonchev–Trinajstić information content (AvgIpc) is 2.74. The highest BCUT2D eigenvalue weighted by molar-refractivity contribution is 4.94. The van der Waals surface area contributed by atoms with E-state index in [1.165, 1.54) is 0 Å². The SMILES string of the molecule is [NH3+]CCCCCCO[C@@H]1O[C@H](CO)[C@H](O)[C@H](O[C@H]2O[C@H](CO)[C@H](O)[C@H](O)[C@H]2O)[C@H]1O. The summed E-state index contributed by atoms with van der Waals surface area (Å²) in [4.78, 5) is 0. The van der Waals surface area contributed by atoms with E-state index in [1.54, 1.807) is 0 Å². The first-order valence-electron chi connectivity index (χ1n) is 10.3. The second-order valence-corrected chi connectivity index (χ2v) is 7.64. The molecule has 0 aliphatic carbocycles. The van der Waals surface area contributed by atoms with Gasteiger partial charge in [0.1, 0.15) is 48.8 Å². The minimum absolute atomic E-state index is 0.278. The third-order valence-corrected chi connectivity index (χ3v) is 5.39. The van der Waals surface area contributed by atoms with Gasteiger partial charge in [0.2, 0.25) is 0 Å². The van der Waals surface area contributed by atoms with Crippen LogP contribution >= 0.6 is 0 Å². The highest BCUT2D eigenvalue weighted by Gasteiger charge is 2.50. The van der Waals surface area contributed by atoms with Crippen LogP contribution in [0.1, 0.15) is 25.7 Å². The molecule has 0 spiro atoms. The van der Waals surface area contributed by atoms with Gasteiger partial charge in [0.25, 0.3) is 0 Å². The molecule has 2 aliphatic rings. The maximum absolute atomic E-state index is 10.6. The summed E-state index contributed by atoms with van der Waals surface area (Å²) in [5, 5.41) is 69.7. The van der Waals surface area contributed by atoms with E-state index in [0.717, 1.165) is 32.2 Å². The lowest BCUT2D eigenvalue weighted by atomic mass is 9.97. The highest BCUT2D eigenvalue weighted by Crippen LogP contribution is 2.29. The fraction of sp³-hybridized carbons (Fsp3) is 1.00. The molecule has 30 heavy (non-hydrogen) atoms. The average molecular weight is 442 g/mol. The molecule has 12 nitrogen and oxygen atoms in total. The van der Waals surface area contributed by atoms with Crippen LogP contribution in [-0.4, -0.2) is 124 Å². The quantitative estimate of drug-likeness (QED) is 0.143. The third kappa shape index (κ3) is 6.28. The van der Waals surface area contributed by atoms with Gasteiger partial charge in [0.15, 0.2) is 12.6 Å². The van der Waals surface area contributed by atoms with Crippen LogP contribution in [0, 0.1) is 0 Å². The number of quaternary nitrogens is 1. The maximum Gasteiger partial charge on any atom is 0.187 e. The second kappa shape index (κ2) is 12.5. The van der Waals surface area contributed by atoms with E-state index in [9.17, 15) is 35.7 Å². The molecule has 0 aromatic carbocycles. The Balaban J connectivity index is 1.99. The molecule has 10 N–H and O–H groups in total. The van der Waals surface area contributed by atoms with E-state index in [2.05, 4.69) is 5.73 Å². The molecule has 2 aliphatic heterocycles. The number of aliphatic hydroxyl groups is 7. The largest absolute Gasteiger partial charge is 0.394 e. The standard InChI is InChI=1S/C18H35NO11/c19-5-3-1-2-4-6-27-17-15(26)16(12(23)10(8-21)28-17)30-18-14(25)13(24)11(22)9(7-20)29-18/h9-18,20-26H,1-8,19H2/p+1/t9-,10-,11+,12+,13+,14-,15-,16+,17-,18-/m1/s1. The lowest BCUT2D eigenvalue weighted by molar-refractivity contribution is -0.368. The van der Waals surface area contributed by atoms with Gasteiger partial charge in [-0.3, -0.25) is 0 Å². The number of aliphatic hydroxyl groups excluding tert-OH is 7. The summed E-state index contributed by atoms with van der Waals surface area (Å²) >= 11 is 0. The maximum atomic E-state index is 10.6. The van der Waals surface area contributed by atoms with Crippen LogP contribution in [0.4, 0.5) is 0 Å². The Hall–Kier alpha value is -0.480. The molecule has 0 unspecified atom stereocenters. The predicted octanol–water partition coefficient (Wildman–Crippen LogP) is -4.57. The van der Waals surface area contributed by atoms with Gasteiger partial charge in [0.05, 0.1) is 19.8 Å². The monoisotopic (exact) mass is 442 g/mol. The van der Waals surface area contributed by atoms with Crippen molar-refractivity contribution in [3.63, 3.8) is 0 Å². The van der Waals surface area contributed by atoms with Crippen LogP contribution in [0.5, 0.6) is 0 Å². The molecular formula is C18H36NO11+.